The summed E-state index contributed by atoms with van der Waals surface area (Å²) < 4.78 is 5.46. The largest absolute Gasteiger partial charge is 0.481 e. The Labute approximate surface area is 159 Å². The number of unbranched alkanes of at least 4 members (excludes halogenated alkanes) is 1. The lowest BCUT2D eigenvalue weighted by Gasteiger charge is -2.39. The predicted molar refractivity (Wildman–Crippen MR) is 102 cm³/mol. The Kier molecular flexibility index (Phi) is 5.53. The first-order valence-corrected chi connectivity index (χ1v) is 9.28. The lowest BCUT2D eigenvalue weighted by atomic mass is 10.0. The van der Waals surface area contributed by atoms with E-state index in [9.17, 15) is 14.4 Å². The van der Waals surface area contributed by atoms with E-state index in [1.807, 2.05) is 0 Å². The number of carbonyl (C=O) groups is 3. The number of fused-ring (bicyclic) bond motifs is 1. The third-order valence-electron chi connectivity index (χ3n) is 5.10. The molecule has 8 nitrogen and oxygen atoms in total. The molecule has 27 heavy (non-hydrogen) atoms. The van der Waals surface area contributed by atoms with Gasteiger partial charge in [-0.3, -0.25) is 9.59 Å². The molecule has 1 atom stereocenters. The smallest absolute Gasteiger partial charge is 0.322 e. The van der Waals surface area contributed by atoms with Gasteiger partial charge < -0.3 is 24.8 Å². The highest BCUT2D eigenvalue weighted by atomic mass is 16.5. The minimum atomic E-state index is -0.429. The van der Waals surface area contributed by atoms with Gasteiger partial charge in [0, 0.05) is 38.9 Å². The summed E-state index contributed by atoms with van der Waals surface area (Å²) in [5.41, 5.74) is 1.24. The summed E-state index contributed by atoms with van der Waals surface area (Å²) in [5, 5.41) is 2.86. The Hall–Kier alpha value is -2.77. The zero-order valence-electron chi connectivity index (χ0n) is 16.0. The number of hydrogen-bond donors (Lipinski definition) is 1. The molecule has 8 heteroatoms. The second-order valence-corrected chi connectivity index (χ2v) is 6.97. The number of anilines is 2. The Bertz CT molecular complexity index is 751. The van der Waals surface area contributed by atoms with Gasteiger partial charge in [-0.25, -0.2) is 4.79 Å². The Morgan fingerprint density at radius 2 is 2.04 bits per heavy atom. The van der Waals surface area contributed by atoms with Crippen LogP contribution in [-0.2, 0) is 9.59 Å². The van der Waals surface area contributed by atoms with Gasteiger partial charge in [-0.15, -0.1) is 0 Å². The van der Waals surface area contributed by atoms with Crippen LogP contribution >= 0.6 is 0 Å². The number of likely N-dealkylation sites (N-methyl/N-ethyl adjacent to an activating group) is 2. The number of hydrogen-bond acceptors (Lipinski definition) is 4. The van der Waals surface area contributed by atoms with Crippen LogP contribution in [0.25, 0.3) is 0 Å². The lowest BCUT2D eigenvalue weighted by Crippen LogP contribution is -2.58. The van der Waals surface area contributed by atoms with Crippen LogP contribution in [0.2, 0.25) is 0 Å². The lowest BCUT2D eigenvalue weighted by molar-refractivity contribution is -0.138. The SMILES string of the molecule is CCCC[C@H]1C(=O)N(C)CCN1C(=O)Nc1ccc2c(c1)OCC(=O)N2C. The van der Waals surface area contributed by atoms with E-state index in [1.54, 1.807) is 42.1 Å². The van der Waals surface area contributed by atoms with Gasteiger partial charge in [0.15, 0.2) is 6.61 Å². The minimum absolute atomic E-state index is 0.0150. The Balaban J connectivity index is 1.74. The fraction of sp³-hybridized carbons (Fsp3) is 0.526. The summed E-state index contributed by atoms with van der Waals surface area (Å²) in [6.45, 7) is 3.07. The molecule has 0 saturated carbocycles. The highest BCUT2D eigenvalue weighted by Gasteiger charge is 2.35. The van der Waals surface area contributed by atoms with Gasteiger partial charge >= 0.3 is 6.03 Å². The maximum atomic E-state index is 12.8. The third-order valence-corrected chi connectivity index (χ3v) is 5.10. The average Bonchev–Trinajstić information content (AvgIpc) is 2.66. The van der Waals surface area contributed by atoms with Crippen molar-refractivity contribution in [2.45, 2.75) is 32.2 Å². The fourth-order valence-electron chi connectivity index (χ4n) is 3.38. The average molecular weight is 374 g/mol. The van der Waals surface area contributed by atoms with E-state index in [0.29, 0.717) is 36.6 Å². The van der Waals surface area contributed by atoms with Gasteiger partial charge in [-0.05, 0) is 18.6 Å². The predicted octanol–water partition coefficient (Wildman–Crippen LogP) is 1.91. The maximum absolute atomic E-state index is 12.8. The first kappa shape index (κ1) is 19.0. The van der Waals surface area contributed by atoms with Crippen LogP contribution < -0.4 is 15.0 Å². The van der Waals surface area contributed by atoms with Gasteiger partial charge in [0.2, 0.25) is 5.91 Å². The number of nitrogens with zero attached hydrogens (tertiary/aromatic N) is 3. The summed E-state index contributed by atoms with van der Waals surface area (Å²) in [7, 11) is 3.46. The van der Waals surface area contributed by atoms with Crippen molar-refractivity contribution in [3.05, 3.63) is 18.2 Å². The van der Waals surface area contributed by atoms with Gasteiger partial charge in [-0.2, -0.15) is 0 Å². The fourth-order valence-corrected chi connectivity index (χ4v) is 3.38. The molecule has 146 valence electrons. The first-order valence-electron chi connectivity index (χ1n) is 9.28. The van der Waals surface area contributed by atoms with E-state index in [0.717, 1.165) is 12.8 Å². The minimum Gasteiger partial charge on any atom is -0.481 e. The van der Waals surface area contributed by atoms with E-state index in [1.165, 1.54) is 4.90 Å². The molecule has 4 amide bonds. The van der Waals surface area contributed by atoms with E-state index in [-0.39, 0.29) is 24.5 Å². The van der Waals surface area contributed by atoms with Crippen LogP contribution in [0.1, 0.15) is 26.2 Å². The summed E-state index contributed by atoms with van der Waals surface area (Å²) in [5.74, 6) is 0.416. The summed E-state index contributed by atoms with van der Waals surface area (Å²) in [6, 6.07) is 4.45. The number of urea groups is 1. The molecule has 1 fully saturated rings. The molecule has 0 unspecified atom stereocenters. The Morgan fingerprint density at radius 1 is 1.26 bits per heavy atom. The maximum Gasteiger partial charge on any atom is 0.322 e. The molecule has 1 saturated heterocycles. The number of ether oxygens (including phenoxy) is 1. The summed E-state index contributed by atoms with van der Waals surface area (Å²) in [6.07, 6.45) is 2.52. The second-order valence-electron chi connectivity index (χ2n) is 6.97. The van der Waals surface area contributed by atoms with Crippen LogP contribution in [0.15, 0.2) is 18.2 Å². The molecule has 2 aliphatic heterocycles. The summed E-state index contributed by atoms with van der Waals surface area (Å²) >= 11 is 0. The van der Waals surface area contributed by atoms with E-state index < -0.39 is 6.04 Å². The third kappa shape index (κ3) is 3.84. The number of nitrogens with one attached hydrogen (secondary N) is 1. The van der Waals surface area contributed by atoms with E-state index >= 15 is 0 Å². The van der Waals surface area contributed by atoms with Gasteiger partial charge in [-0.1, -0.05) is 19.8 Å². The molecule has 0 spiro atoms. The number of carbonyl (C=O) groups excluding carboxylic acids is 3. The van der Waals surface area contributed by atoms with E-state index in [2.05, 4.69) is 12.2 Å². The molecule has 1 N–H and O–H groups in total. The zero-order chi connectivity index (χ0) is 19.6. The molecule has 2 heterocycles. The number of amides is 4. The topological polar surface area (TPSA) is 82.2 Å². The molecule has 3 rings (SSSR count). The van der Waals surface area contributed by atoms with Crippen molar-refractivity contribution in [1.29, 1.82) is 0 Å². The van der Waals surface area contributed by atoms with Crippen molar-refractivity contribution in [2.24, 2.45) is 0 Å². The zero-order valence-corrected chi connectivity index (χ0v) is 16.0. The van der Waals surface area contributed by atoms with Crippen LogP contribution in [0.5, 0.6) is 5.75 Å². The van der Waals surface area contributed by atoms with Crippen LogP contribution in [0, 0.1) is 0 Å². The monoisotopic (exact) mass is 374 g/mol. The van der Waals surface area contributed by atoms with Crippen LogP contribution in [-0.4, -0.2) is 67.5 Å². The van der Waals surface area contributed by atoms with Crippen molar-refractivity contribution in [3.63, 3.8) is 0 Å². The van der Waals surface area contributed by atoms with Gasteiger partial charge in [0.1, 0.15) is 11.8 Å². The molecular weight excluding hydrogens is 348 g/mol. The first-order chi connectivity index (χ1) is 12.9. The molecule has 1 aromatic rings. The molecule has 2 aliphatic rings. The molecule has 0 bridgehead atoms. The quantitative estimate of drug-likeness (QED) is 0.873. The van der Waals surface area contributed by atoms with Crippen LogP contribution in [0.4, 0.5) is 16.2 Å². The normalized spacial score (nSPS) is 19.7. The van der Waals surface area contributed by atoms with Crippen molar-refractivity contribution in [2.75, 3.05) is 44.0 Å². The highest BCUT2D eigenvalue weighted by molar-refractivity contribution is 5.99. The van der Waals surface area contributed by atoms with Crippen molar-refractivity contribution >= 4 is 29.2 Å². The number of benzene rings is 1. The highest BCUT2D eigenvalue weighted by Crippen LogP contribution is 2.33. The van der Waals surface area contributed by atoms with Crippen molar-refractivity contribution in [3.8, 4) is 5.75 Å². The Morgan fingerprint density at radius 3 is 2.78 bits per heavy atom. The summed E-state index contributed by atoms with van der Waals surface area (Å²) in [4.78, 5) is 41.8. The molecule has 0 aliphatic carbocycles. The van der Waals surface area contributed by atoms with Gasteiger partial charge in [0.05, 0.1) is 5.69 Å². The molecule has 0 aromatic heterocycles. The van der Waals surface area contributed by atoms with Crippen LogP contribution in [0.3, 0.4) is 0 Å². The molecule has 1 aromatic carbocycles. The molecular formula is C19H26N4O4. The van der Waals surface area contributed by atoms with Crippen molar-refractivity contribution < 1.29 is 19.1 Å². The molecule has 0 radical (unpaired) electrons. The van der Waals surface area contributed by atoms with Crippen molar-refractivity contribution in [1.82, 2.24) is 9.80 Å². The number of piperazine rings is 1. The standard InChI is InChI=1S/C19H26N4O4/c1-4-5-6-15-18(25)21(2)9-10-23(15)19(26)20-13-7-8-14-16(11-13)27-12-17(24)22(14)3/h7-8,11,15H,4-6,9-10,12H2,1-3H3,(H,20,26)/t15-/m0/s1. The second kappa shape index (κ2) is 7.85. The van der Waals surface area contributed by atoms with Gasteiger partial charge in [0.25, 0.3) is 5.91 Å². The van der Waals surface area contributed by atoms with E-state index in [4.69, 9.17) is 4.74 Å². The number of rotatable bonds is 4.